The number of aromatic carboxylic acids is 1. The molecule has 0 heterocycles. The maximum atomic E-state index is 13.0. The minimum absolute atomic E-state index is 0.0352. The van der Waals surface area contributed by atoms with Crippen molar-refractivity contribution in [3.63, 3.8) is 0 Å². The lowest BCUT2D eigenvalue weighted by molar-refractivity contribution is 0.0697. The van der Waals surface area contributed by atoms with Gasteiger partial charge in [0.15, 0.2) is 0 Å². The largest absolute Gasteiger partial charge is 0.478 e. The minimum Gasteiger partial charge on any atom is -0.478 e. The quantitative estimate of drug-likeness (QED) is 0.861. The summed E-state index contributed by atoms with van der Waals surface area (Å²) < 4.78 is 28.6. The summed E-state index contributed by atoms with van der Waals surface area (Å²) in [7, 11) is -3.84. The molecule has 134 valence electrons. The van der Waals surface area contributed by atoms with Crippen molar-refractivity contribution in [1.82, 2.24) is 0 Å². The summed E-state index contributed by atoms with van der Waals surface area (Å²) in [5.74, 6) is -1.10. The zero-order valence-electron chi connectivity index (χ0n) is 15.3. The molecule has 0 aromatic heterocycles. The van der Waals surface area contributed by atoms with E-state index in [1.165, 1.54) is 12.1 Å². The topological polar surface area (TPSA) is 83.5 Å². The standard InChI is InChI=1S/C19H23NO4S/c1-10-7-8-16(19(21)22)9-17(10)20-25(23,24)18-14(5)12(3)11(2)13(4)15(18)6/h7-9,20H,1-6H3,(H,21,22). The molecule has 0 bridgehead atoms. The number of carboxylic acid groups (broad SMARTS) is 1. The number of hydrogen-bond acceptors (Lipinski definition) is 3. The molecule has 5 nitrogen and oxygen atoms in total. The van der Waals surface area contributed by atoms with E-state index >= 15 is 0 Å². The SMILES string of the molecule is Cc1ccc(C(=O)O)cc1NS(=O)(=O)c1c(C)c(C)c(C)c(C)c1C. The van der Waals surface area contributed by atoms with Crippen molar-refractivity contribution in [3.05, 3.63) is 57.1 Å². The van der Waals surface area contributed by atoms with E-state index < -0.39 is 16.0 Å². The second kappa shape index (κ2) is 6.52. The number of carboxylic acids is 1. The third-order valence-corrected chi connectivity index (χ3v) is 6.57. The van der Waals surface area contributed by atoms with Crippen LogP contribution < -0.4 is 4.72 Å². The maximum absolute atomic E-state index is 13.0. The second-order valence-electron chi connectivity index (χ2n) is 6.39. The first kappa shape index (κ1) is 19.0. The molecule has 0 amide bonds. The Morgan fingerprint density at radius 3 is 1.84 bits per heavy atom. The molecule has 0 aliphatic rings. The molecule has 0 spiro atoms. The van der Waals surface area contributed by atoms with Gasteiger partial charge in [0.1, 0.15) is 0 Å². The van der Waals surface area contributed by atoms with Crippen molar-refractivity contribution in [2.24, 2.45) is 0 Å². The summed E-state index contributed by atoms with van der Waals surface area (Å²) in [5.41, 5.74) is 5.35. The number of hydrogen-bond donors (Lipinski definition) is 2. The lowest BCUT2D eigenvalue weighted by atomic mass is 9.95. The number of anilines is 1. The highest BCUT2D eigenvalue weighted by Gasteiger charge is 2.24. The molecule has 0 saturated heterocycles. The normalized spacial score (nSPS) is 11.4. The molecule has 2 rings (SSSR count). The van der Waals surface area contributed by atoms with Crippen LogP contribution in [0.1, 0.15) is 43.7 Å². The lowest BCUT2D eigenvalue weighted by Gasteiger charge is -2.20. The van der Waals surface area contributed by atoms with Crippen molar-refractivity contribution < 1.29 is 18.3 Å². The van der Waals surface area contributed by atoms with Crippen LogP contribution in [0.2, 0.25) is 0 Å². The first-order chi connectivity index (χ1) is 11.5. The van der Waals surface area contributed by atoms with Crippen LogP contribution in [0.15, 0.2) is 23.1 Å². The summed E-state index contributed by atoms with van der Waals surface area (Å²) in [6.45, 7) is 11.1. The molecule has 6 heteroatoms. The van der Waals surface area contributed by atoms with Gasteiger partial charge in [-0.2, -0.15) is 0 Å². The Balaban J connectivity index is 2.63. The van der Waals surface area contributed by atoms with Gasteiger partial charge in [0.25, 0.3) is 10.0 Å². The van der Waals surface area contributed by atoms with Crippen molar-refractivity contribution in [2.45, 2.75) is 46.4 Å². The Bertz CT molecular complexity index is 946. The summed E-state index contributed by atoms with van der Waals surface area (Å²) in [6.07, 6.45) is 0. The van der Waals surface area contributed by atoms with Gasteiger partial charge in [-0.3, -0.25) is 4.72 Å². The van der Waals surface area contributed by atoms with Gasteiger partial charge >= 0.3 is 5.97 Å². The van der Waals surface area contributed by atoms with E-state index in [0.717, 1.165) is 16.7 Å². The molecule has 0 radical (unpaired) electrons. The van der Waals surface area contributed by atoms with Crippen LogP contribution in [-0.2, 0) is 10.0 Å². The molecule has 0 unspecified atom stereocenters. The van der Waals surface area contributed by atoms with Crippen LogP contribution in [0.5, 0.6) is 0 Å². The summed E-state index contributed by atoms with van der Waals surface area (Å²) >= 11 is 0. The Morgan fingerprint density at radius 1 is 0.880 bits per heavy atom. The number of sulfonamides is 1. The van der Waals surface area contributed by atoms with E-state index in [9.17, 15) is 13.2 Å². The van der Waals surface area contributed by atoms with E-state index in [2.05, 4.69) is 4.72 Å². The summed E-state index contributed by atoms with van der Waals surface area (Å²) in [6, 6.07) is 4.38. The van der Waals surface area contributed by atoms with Gasteiger partial charge in [0.2, 0.25) is 0 Å². The summed E-state index contributed by atoms with van der Waals surface area (Å²) in [4.78, 5) is 11.4. The van der Waals surface area contributed by atoms with E-state index in [4.69, 9.17) is 5.11 Å². The third kappa shape index (κ3) is 3.39. The smallest absolute Gasteiger partial charge is 0.335 e. The number of nitrogens with one attached hydrogen (secondary N) is 1. The van der Waals surface area contributed by atoms with Crippen LogP contribution in [0.25, 0.3) is 0 Å². The Morgan fingerprint density at radius 2 is 1.36 bits per heavy atom. The van der Waals surface area contributed by atoms with E-state index in [0.29, 0.717) is 16.7 Å². The van der Waals surface area contributed by atoms with Crippen LogP contribution >= 0.6 is 0 Å². The van der Waals surface area contributed by atoms with Crippen molar-refractivity contribution in [3.8, 4) is 0 Å². The summed E-state index contributed by atoms with van der Waals surface area (Å²) in [5, 5.41) is 9.13. The number of aryl methyl sites for hydroxylation is 1. The second-order valence-corrected chi connectivity index (χ2v) is 8.01. The highest BCUT2D eigenvalue weighted by Crippen LogP contribution is 2.31. The Labute approximate surface area is 148 Å². The first-order valence-electron chi connectivity index (χ1n) is 7.91. The maximum Gasteiger partial charge on any atom is 0.335 e. The Hall–Kier alpha value is -2.34. The van der Waals surface area contributed by atoms with Crippen molar-refractivity contribution >= 4 is 21.7 Å². The van der Waals surface area contributed by atoms with Crippen molar-refractivity contribution in [1.29, 1.82) is 0 Å². The zero-order valence-corrected chi connectivity index (χ0v) is 16.1. The average Bonchev–Trinajstić information content (AvgIpc) is 2.52. The fourth-order valence-electron chi connectivity index (χ4n) is 2.93. The van der Waals surface area contributed by atoms with Gasteiger partial charge in [-0.25, -0.2) is 13.2 Å². The lowest BCUT2D eigenvalue weighted by Crippen LogP contribution is -2.18. The van der Waals surface area contributed by atoms with Gasteiger partial charge in [0.05, 0.1) is 16.1 Å². The monoisotopic (exact) mass is 361 g/mol. The van der Waals surface area contributed by atoms with Crippen LogP contribution in [0.3, 0.4) is 0 Å². The molecule has 0 saturated carbocycles. The van der Waals surface area contributed by atoms with Gasteiger partial charge in [-0.05, 0) is 87.1 Å². The van der Waals surface area contributed by atoms with E-state index in [1.54, 1.807) is 26.8 Å². The Kier molecular flexibility index (Phi) is 4.95. The number of rotatable bonds is 4. The predicted molar refractivity (Wildman–Crippen MR) is 99.1 cm³/mol. The fourth-order valence-corrected chi connectivity index (χ4v) is 4.65. The first-order valence-corrected chi connectivity index (χ1v) is 9.39. The highest BCUT2D eigenvalue weighted by atomic mass is 32.2. The third-order valence-electron chi connectivity index (χ3n) is 4.93. The molecule has 2 aromatic rings. The molecular weight excluding hydrogens is 338 g/mol. The highest BCUT2D eigenvalue weighted by molar-refractivity contribution is 7.92. The molecule has 0 aliphatic carbocycles. The molecule has 25 heavy (non-hydrogen) atoms. The van der Waals surface area contributed by atoms with E-state index in [1.807, 2.05) is 20.8 Å². The van der Waals surface area contributed by atoms with E-state index in [-0.39, 0.29) is 16.1 Å². The average molecular weight is 361 g/mol. The number of benzene rings is 2. The predicted octanol–water partition coefficient (Wildman–Crippen LogP) is 4.04. The zero-order chi connectivity index (χ0) is 19.1. The van der Waals surface area contributed by atoms with Crippen LogP contribution in [0, 0.1) is 41.5 Å². The van der Waals surface area contributed by atoms with Crippen LogP contribution in [-0.4, -0.2) is 19.5 Å². The van der Waals surface area contributed by atoms with Gasteiger partial charge in [0, 0.05) is 0 Å². The molecule has 0 atom stereocenters. The molecule has 0 aliphatic heterocycles. The number of carbonyl (C=O) groups is 1. The van der Waals surface area contributed by atoms with Gasteiger partial charge in [-0.15, -0.1) is 0 Å². The van der Waals surface area contributed by atoms with Crippen LogP contribution in [0.4, 0.5) is 5.69 Å². The fraction of sp³-hybridized carbons (Fsp3) is 0.316. The molecule has 2 aromatic carbocycles. The van der Waals surface area contributed by atoms with Crippen molar-refractivity contribution in [2.75, 3.05) is 4.72 Å². The molecule has 2 N–H and O–H groups in total. The molecule has 0 fully saturated rings. The van der Waals surface area contributed by atoms with Gasteiger partial charge in [-0.1, -0.05) is 6.07 Å². The minimum atomic E-state index is -3.84. The molecular formula is C19H23NO4S. The van der Waals surface area contributed by atoms with Gasteiger partial charge < -0.3 is 5.11 Å².